The quantitative estimate of drug-likeness (QED) is 0.762. The number of halogens is 1. The van der Waals surface area contributed by atoms with Crippen molar-refractivity contribution in [2.45, 2.75) is 38.3 Å². The molecule has 3 nitrogen and oxygen atoms in total. The number of rotatable bonds is 5. The Morgan fingerprint density at radius 3 is 2.95 bits per heavy atom. The number of hydrogen-bond acceptors (Lipinski definition) is 3. The highest BCUT2D eigenvalue weighted by atomic mass is 19.1. The van der Waals surface area contributed by atoms with E-state index in [1.165, 1.54) is 6.07 Å². The lowest BCUT2D eigenvalue weighted by Crippen LogP contribution is -2.40. The SMILES string of the molecule is Cc1ccc(F)cc1C(CN)NC1CCCC1CO. The molecule has 3 atom stereocenters. The van der Waals surface area contributed by atoms with E-state index in [2.05, 4.69) is 5.32 Å². The first-order valence-corrected chi connectivity index (χ1v) is 6.98. The zero-order chi connectivity index (χ0) is 13.8. The van der Waals surface area contributed by atoms with Crippen LogP contribution in [0.5, 0.6) is 0 Å². The van der Waals surface area contributed by atoms with Crippen LogP contribution in [0, 0.1) is 18.7 Å². The molecule has 0 aromatic heterocycles. The van der Waals surface area contributed by atoms with Crippen molar-refractivity contribution in [1.82, 2.24) is 5.32 Å². The highest BCUT2D eigenvalue weighted by molar-refractivity contribution is 5.30. The summed E-state index contributed by atoms with van der Waals surface area (Å²) in [5, 5.41) is 12.9. The molecule has 0 radical (unpaired) electrons. The molecule has 1 aromatic rings. The molecule has 1 aliphatic rings. The monoisotopic (exact) mass is 266 g/mol. The van der Waals surface area contributed by atoms with Gasteiger partial charge in [0.05, 0.1) is 0 Å². The molecular weight excluding hydrogens is 243 g/mol. The van der Waals surface area contributed by atoms with E-state index in [0.717, 1.165) is 30.4 Å². The second-order valence-corrected chi connectivity index (χ2v) is 5.44. The Balaban J connectivity index is 2.13. The molecule has 19 heavy (non-hydrogen) atoms. The zero-order valence-corrected chi connectivity index (χ0v) is 11.4. The van der Waals surface area contributed by atoms with Gasteiger partial charge in [0.15, 0.2) is 0 Å². The Hall–Kier alpha value is -0.970. The molecule has 0 saturated heterocycles. The first kappa shape index (κ1) is 14.4. The molecule has 3 unspecified atom stereocenters. The van der Waals surface area contributed by atoms with Gasteiger partial charge in [0.2, 0.25) is 0 Å². The van der Waals surface area contributed by atoms with E-state index in [9.17, 15) is 9.50 Å². The molecule has 0 spiro atoms. The van der Waals surface area contributed by atoms with E-state index >= 15 is 0 Å². The lowest BCUT2D eigenvalue weighted by molar-refractivity contribution is 0.199. The van der Waals surface area contributed by atoms with Crippen molar-refractivity contribution >= 4 is 0 Å². The lowest BCUT2D eigenvalue weighted by atomic mass is 9.98. The van der Waals surface area contributed by atoms with Gasteiger partial charge in [-0.3, -0.25) is 0 Å². The maximum absolute atomic E-state index is 13.4. The van der Waals surface area contributed by atoms with E-state index < -0.39 is 0 Å². The third-order valence-corrected chi connectivity index (χ3v) is 4.16. The lowest BCUT2D eigenvalue weighted by Gasteiger charge is -2.27. The predicted octanol–water partition coefficient (Wildman–Crippen LogP) is 1.88. The van der Waals surface area contributed by atoms with Gasteiger partial charge < -0.3 is 16.2 Å². The van der Waals surface area contributed by atoms with E-state index in [0.29, 0.717) is 12.5 Å². The maximum Gasteiger partial charge on any atom is 0.123 e. The Morgan fingerprint density at radius 1 is 1.47 bits per heavy atom. The molecule has 4 N–H and O–H groups in total. The summed E-state index contributed by atoms with van der Waals surface area (Å²) in [5.74, 6) is 0.0638. The van der Waals surface area contributed by atoms with Gasteiger partial charge in [-0.25, -0.2) is 4.39 Å². The Kier molecular flexibility index (Phi) is 4.91. The third kappa shape index (κ3) is 3.32. The first-order valence-electron chi connectivity index (χ1n) is 6.98. The van der Waals surface area contributed by atoms with Crippen molar-refractivity contribution < 1.29 is 9.50 Å². The summed E-state index contributed by atoms with van der Waals surface area (Å²) in [7, 11) is 0. The van der Waals surface area contributed by atoms with Gasteiger partial charge in [0, 0.05) is 25.2 Å². The van der Waals surface area contributed by atoms with Crippen LogP contribution >= 0.6 is 0 Å². The molecule has 0 heterocycles. The standard InChI is InChI=1S/C15H23FN2O/c1-10-5-6-12(16)7-13(10)15(8-17)18-14-4-2-3-11(14)9-19/h5-7,11,14-15,18-19H,2-4,8-9,17H2,1H3. The van der Waals surface area contributed by atoms with Crippen LogP contribution in [0.1, 0.15) is 36.4 Å². The second-order valence-electron chi connectivity index (χ2n) is 5.44. The number of hydrogen-bond donors (Lipinski definition) is 3. The van der Waals surface area contributed by atoms with Gasteiger partial charge in [-0.1, -0.05) is 12.5 Å². The number of benzene rings is 1. The molecule has 4 heteroatoms. The van der Waals surface area contributed by atoms with Gasteiger partial charge in [0.25, 0.3) is 0 Å². The molecule has 1 fully saturated rings. The maximum atomic E-state index is 13.4. The fraction of sp³-hybridized carbons (Fsp3) is 0.600. The summed E-state index contributed by atoms with van der Waals surface area (Å²) in [5.41, 5.74) is 7.81. The van der Waals surface area contributed by atoms with E-state index in [1.807, 2.05) is 6.92 Å². The first-order chi connectivity index (χ1) is 9.15. The van der Waals surface area contributed by atoms with Gasteiger partial charge in [0.1, 0.15) is 5.82 Å². The average Bonchev–Trinajstić information content (AvgIpc) is 2.86. The van der Waals surface area contributed by atoms with Crippen molar-refractivity contribution in [3.8, 4) is 0 Å². The van der Waals surface area contributed by atoms with Gasteiger partial charge in [-0.2, -0.15) is 0 Å². The molecule has 1 aromatic carbocycles. The minimum absolute atomic E-state index is 0.0483. The zero-order valence-electron chi connectivity index (χ0n) is 11.4. The largest absolute Gasteiger partial charge is 0.396 e. The van der Waals surface area contributed by atoms with Gasteiger partial charge >= 0.3 is 0 Å². The van der Waals surface area contributed by atoms with Crippen molar-refractivity contribution in [1.29, 1.82) is 0 Å². The third-order valence-electron chi connectivity index (χ3n) is 4.16. The summed E-state index contributed by atoms with van der Waals surface area (Å²) < 4.78 is 13.4. The molecule has 0 aliphatic heterocycles. The van der Waals surface area contributed by atoms with Crippen molar-refractivity contribution in [2.75, 3.05) is 13.2 Å². The minimum atomic E-state index is -0.231. The van der Waals surface area contributed by atoms with Crippen molar-refractivity contribution in [3.05, 3.63) is 35.1 Å². The summed E-state index contributed by atoms with van der Waals surface area (Å²) >= 11 is 0. The molecule has 106 valence electrons. The molecule has 0 amide bonds. The van der Waals surface area contributed by atoms with Crippen LogP contribution in [-0.2, 0) is 0 Å². The predicted molar refractivity (Wildman–Crippen MR) is 74.3 cm³/mol. The summed E-state index contributed by atoms with van der Waals surface area (Å²) in [6.07, 6.45) is 3.23. The molecule has 1 aliphatic carbocycles. The average molecular weight is 266 g/mol. The van der Waals surface area contributed by atoms with Crippen molar-refractivity contribution in [3.63, 3.8) is 0 Å². The van der Waals surface area contributed by atoms with Crippen LogP contribution in [0.2, 0.25) is 0 Å². The number of nitrogens with one attached hydrogen (secondary N) is 1. The summed E-state index contributed by atoms with van der Waals surface area (Å²) in [6, 6.07) is 5.04. The Bertz CT molecular complexity index is 425. The minimum Gasteiger partial charge on any atom is -0.396 e. The van der Waals surface area contributed by atoms with E-state index in [4.69, 9.17) is 5.73 Å². The highest BCUT2D eigenvalue weighted by Gasteiger charge is 2.28. The van der Waals surface area contributed by atoms with Crippen LogP contribution in [0.4, 0.5) is 4.39 Å². The fourth-order valence-electron chi connectivity index (χ4n) is 3.00. The topological polar surface area (TPSA) is 58.3 Å². The fourth-order valence-corrected chi connectivity index (χ4v) is 3.00. The number of aliphatic hydroxyl groups excluding tert-OH is 1. The molecule has 1 saturated carbocycles. The normalized spacial score (nSPS) is 24.6. The van der Waals surface area contributed by atoms with Crippen molar-refractivity contribution in [2.24, 2.45) is 11.7 Å². The molecule has 0 bridgehead atoms. The summed E-state index contributed by atoms with van der Waals surface area (Å²) in [6.45, 7) is 2.60. The van der Waals surface area contributed by atoms with E-state index in [-0.39, 0.29) is 24.5 Å². The highest BCUT2D eigenvalue weighted by Crippen LogP contribution is 2.28. The smallest absolute Gasteiger partial charge is 0.123 e. The van der Waals surface area contributed by atoms with Crippen LogP contribution in [-0.4, -0.2) is 24.3 Å². The Morgan fingerprint density at radius 2 is 2.26 bits per heavy atom. The molecule has 2 rings (SSSR count). The number of aliphatic hydroxyl groups is 1. The Labute approximate surface area is 114 Å². The van der Waals surface area contributed by atoms with Crippen LogP contribution in [0.15, 0.2) is 18.2 Å². The number of aryl methyl sites for hydroxylation is 1. The molecular formula is C15H23FN2O. The van der Waals surface area contributed by atoms with Crippen LogP contribution < -0.4 is 11.1 Å². The second kappa shape index (κ2) is 6.46. The van der Waals surface area contributed by atoms with E-state index in [1.54, 1.807) is 12.1 Å². The van der Waals surface area contributed by atoms with Gasteiger partial charge in [-0.05, 0) is 48.9 Å². The number of nitrogens with two attached hydrogens (primary N) is 1. The van der Waals surface area contributed by atoms with Crippen LogP contribution in [0.25, 0.3) is 0 Å². The van der Waals surface area contributed by atoms with Crippen LogP contribution in [0.3, 0.4) is 0 Å². The van der Waals surface area contributed by atoms with Gasteiger partial charge in [-0.15, -0.1) is 0 Å². The summed E-state index contributed by atoms with van der Waals surface area (Å²) in [4.78, 5) is 0.